The molecule has 1 aromatic rings. The van der Waals surface area contributed by atoms with E-state index in [1.807, 2.05) is 24.3 Å². The van der Waals surface area contributed by atoms with E-state index in [2.05, 4.69) is 19.2 Å². The number of hydrogen-bond acceptors (Lipinski definition) is 4. The van der Waals surface area contributed by atoms with Crippen molar-refractivity contribution in [2.75, 3.05) is 26.8 Å². The number of methoxy groups -OCH3 is 1. The average molecular weight is 334 g/mol. The highest BCUT2D eigenvalue weighted by atomic mass is 16.5. The Morgan fingerprint density at radius 1 is 1.29 bits per heavy atom. The predicted molar refractivity (Wildman–Crippen MR) is 91.2 cm³/mol. The molecule has 24 heavy (non-hydrogen) atoms. The van der Waals surface area contributed by atoms with Gasteiger partial charge >= 0.3 is 6.09 Å². The Morgan fingerprint density at radius 2 is 2.00 bits per heavy atom. The fourth-order valence-corrected chi connectivity index (χ4v) is 2.72. The summed E-state index contributed by atoms with van der Waals surface area (Å²) < 4.78 is 10.3. The maximum Gasteiger partial charge on any atom is 0.409 e. The summed E-state index contributed by atoms with van der Waals surface area (Å²) >= 11 is 0. The molecule has 0 aromatic heterocycles. The molecular formula is C18H26N2O4. The first-order valence-electron chi connectivity index (χ1n) is 8.34. The molecule has 0 saturated carbocycles. The molecule has 0 spiro atoms. The third-order valence-corrected chi connectivity index (χ3v) is 4.19. The van der Waals surface area contributed by atoms with E-state index in [9.17, 15) is 9.59 Å². The summed E-state index contributed by atoms with van der Waals surface area (Å²) in [7, 11) is 1.38. The zero-order valence-electron chi connectivity index (χ0n) is 14.6. The summed E-state index contributed by atoms with van der Waals surface area (Å²) in [5.74, 6) is 0.987. The summed E-state index contributed by atoms with van der Waals surface area (Å²) in [4.78, 5) is 25.1. The molecule has 1 saturated heterocycles. The summed E-state index contributed by atoms with van der Waals surface area (Å²) in [6.45, 7) is 5.42. The normalized spacial score (nSPS) is 15.2. The monoisotopic (exact) mass is 334 g/mol. The Balaban J connectivity index is 1.74. The van der Waals surface area contributed by atoms with E-state index in [1.165, 1.54) is 12.7 Å². The molecule has 0 unspecified atom stereocenters. The van der Waals surface area contributed by atoms with E-state index in [4.69, 9.17) is 9.47 Å². The van der Waals surface area contributed by atoms with Gasteiger partial charge in [0.25, 0.3) is 5.91 Å². The van der Waals surface area contributed by atoms with Crippen molar-refractivity contribution < 1.29 is 19.1 Å². The van der Waals surface area contributed by atoms with E-state index in [1.54, 1.807) is 4.90 Å². The van der Waals surface area contributed by atoms with Gasteiger partial charge in [0.15, 0.2) is 6.61 Å². The fraction of sp³-hybridized carbons (Fsp3) is 0.556. The zero-order chi connectivity index (χ0) is 17.5. The molecule has 0 bridgehead atoms. The molecule has 1 N–H and O–H groups in total. The van der Waals surface area contributed by atoms with Crippen molar-refractivity contribution in [3.63, 3.8) is 0 Å². The Morgan fingerprint density at radius 3 is 2.62 bits per heavy atom. The Bertz CT molecular complexity index is 566. The molecule has 2 amide bonds. The number of piperidine rings is 1. The van der Waals surface area contributed by atoms with Crippen LogP contribution in [0.1, 0.15) is 38.2 Å². The van der Waals surface area contributed by atoms with Crippen LogP contribution in [0, 0.1) is 0 Å². The Kier molecular flexibility index (Phi) is 6.46. The van der Waals surface area contributed by atoms with Crippen molar-refractivity contribution in [3.05, 3.63) is 29.8 Å². The van der Waals surface area contributed by atoms with E-state index in [-0.39, 0.29) is 24.6 Å². The van der Waals surface area contributed by atoms with Crippen LogP contribution in [0.2, 0.25) is 0 Å². The highest BCUT2D eigenvalue weighted by Gasteiger charge is 2.24. The van der Waals surface area contributed by atoms with E-state index >= 15 is 0 Å². The van der Waals surface area contributed by atoms with Crippen molar-refractivity contribution in [3.8, 4) is 5.75 Å². The lowest BCUT2D eigenvalue weighted by atomic mass is 10.0. The van der Waals surface area contributed by atoms with Crippen LogP contribution < -0.4 is 10.1 Å². The Hall–Kier alpha value is -2.24. The lowest BCUT2D eigenvalue weighted by Crippen LogP contribution is -2.47. The number of hydrogen-bond donors (Lipinski definition) is 1. The third-order valence-electron chi connectivity index (χ3n) is 4.19. The second-order valence-corrected chi connectivity index (χ2v) is 6.31. The van der Waals surface area contributed by atoms with Crippen molar-refractivity contribution in [1.82, 2.24) is 10.2 Å². The molecule has 1 aromatic carbocycles. The number of ether oxygens (including phenoxy) is 2. The minimum Gasteiger partial charge on any atom is -0.484 e. The van der Waals surface area contributed by atoms with E-state index in [0.717, 1.165) is 12.8 Å². The summed E-state index contributed by atoms with van der Waals surface area (Å²) in [5, 5.41) is 2.96. The van der Waals surface area contributed by atoms with Crippen molar-refractivity contribution in [1.29, 1.82) is 0 Å². The number of carbonyl (C=O) groups excluding carboxylic acids is 2. The number of likely N-dealkylation sites (tertiary alicyclic amines) is 1. The van der Waals surface area contributed by atoms with Crippen LogP contribution in [0.4, 0.5) is 4.79 Å². The van der Waals surface area contributed by atoms with Gasteiger partial charge < -0.3 is 19.7 Å². The number of carbonyl (C=O) groups is 2. The van der Waals surface area contributed by atoms with Crippen LogP contribution in [0.5, 0.6) is 5.75 Å². The molecule has 1 fully saturated rings. The van der Waals surface area contributed by atoms with Crippen molar-refractivity contribution in [2.24, 2.45) is 0 Å². The van der Waals surface area contributed by atoms with Gasteiger partial charge in [0.05, 0.1) is 7.11 Å². The van der Waals surface area contributed by atoms with Gasteiger partial charge in [0.2, 0.25) is 0 Å². The maximum atomic E-state index is 12.0. The largest absolute Gasteiger partial charge is 0.484 e. The number of amides is 2. The van der Waals surface area contributed by atoms with Gasteiger partial charge in [-0.2, -0.15) is 0 Å². The SMILES string of the molecule is COC(=O)N1CCC(NC(=O)COc2cccc(C(C)C)c2)CC1. The van der Waals surface area contributed by atoms with Gasteiger partial charge in [-0.15, -0.1) is 0 Å². The lowest BCUT2D eigenvalue weighted by Gasteiger charge is -2.31. The van der Waals surface area contributed by atoms with E-state index in [0.29, 0.717) is 24.8 Å². The minimum atomic E-state index is -0.312. The van der Waals surface area contributed by atoms with Crippen molar-refractivity contribution >= 4 is 12.0 Å². The quantitative estimate of drug-likeness (QED) is 0.898. The van der Waals surface area contributed by atoms with Crippen LogP contribution in [0.25, 0.3) is 0 Å². The summed E-state index contributed by atoms with van der Waals surface area (Å²) in [5.41, 5.74) is 1.18. The second-order valence-electron chi connectivity index (χ2n) is 6.31. The third kappa shape index (κ3) is 5.15. The molecule has 1 heterocycles. The average Bonchev–Trinajstić information content (AvgIpc) is 2.60. The number of benzene rings is 1. The molecule has 132 valence electrons. The topological polar surface area (TPSA) is 67.9 Å². The maximum absolute atomic E-state index is 12.0. The fourth-order valence-electron chi connectivity index (χ4n) is 2.72. The number of rotatable bonds is 5. The number of nitrogens with zero attached hydrogens (tertiary/aromatic N) is 1. The van der Waals surface area contributed by atoms with Gasteiger partial charge in [-0.3, -0.25) is 4.79 Å². The highest BCUT2D eigenvalue weighted by molar-refractivity contribution is 5.78. The molecular weight excluding hydrogens is 308 g/mol. The number of nitrogens with one attached hydrogen (secondary N) is 1. The predicted octanol–water partition coefficient (Wildman–Crippen LogP) is 2.54. The molecule has 2 rings (SSSR count). The summed E-state index contributed by atoms with van der Waals surface area (Å²) in [6, 6.07) is 7.88. The van der Waals surface area contributed by atoms with Gasteiger partial charge in [0, 0.05) is 19.1 Å². The molecule has 0 atom stereocenters. The van der Waals surface area contributed by atoms with Gasteiger partial charge in [-0.1, -0.05) is 26.0 Å². The molecule has 6 nitrogen and oxygen atoms in total. The molecule has 0 aliphatic carbocycles. The van der Waals surface area contributed by atoms with Crippen LogP contribution in [-0.2, 0) is 9.53 Å². The van der Waals surface area contributed by atoms with Crippen molar-refractivity contribution in [2.45, 2.75) is 38.6 Å². The smallest absolute Gasteiger partial charge is 0.409 e. The molecule has 1 aliphatic rings. The minimum absolute atomic E-state index is 0.00123. The van der Waals surface area contributed by atoms with Gasteiger partial charge in [-0.05, 0) is 36.5 Å². The van der Waals surface area contributed by atoms with E-state index < -0.39 is 0 Å². The van der Waals surface area contributed by atoms with Crippen LogP contribution in [0.3, 0.4) is 0 Å². The zero-order valence-corrected chi connectivity index (χ0v) is 14.6. The first kappa shape index (κ1) is 18.1. The molecule has 6 heteroatoms. The molecule has 0 radical (unpaired) electrons. The molecule has 1 aliphatic heterocycles. The first-order chi connectivity index (χ1) is 11.5. The highest BCUT2D eigenvalue weighted by Crippen LogP contribution is 2.20. The first-order valence-corrected chi connectivity index (χ1v) is 8.34. The summed E-state index contributed by atoms with van der Waals surface area (Å²) in [6.07, 6.45) is 1.14. The lowest BCUT2D eigenvalue weighted by molar-refractivity contribution is -0.124. The van der Waals surface area contributed by atoms with Crippen LogP contribution in [0.15, 0.2) is 24.3 Å². The second kappa shape index (κ2) is 8.57. The van der Waals surface area contributed by atoms with Gasteiger partial charge in [0.1, 0.15) is 5.75 Å². The van der Waals surface area contributed by atoms with Gasteiger partial charge in [-0.25, -0.2) is 4.79 Å². The van der Waals surface area contributed by atoms with Crippen LogP contribution in [-0.4, -0.2) is 49.7 Å². The standard InChI is InChI=1S/C18H26N2O4/c1-13(2)14-5-4-6-16(11-14)24-12-17(21)19-15-7-9-20(10-8-15)18(22)23-3/h4-6,11,13,15H,7-10,12H2,1-3H3,(H,19,21). The van der Waals surface area contributed by atoms with Crippen LogP contribution >= 0.6 is 0 Å². The Labute approximate surface area is 143 Å².